The maximum Gasteiger partial charge on any atom is 0.409 e. The number of carbonyl (C=O) groups is 7. The third-order valence-electron chi connectivity index (χ3n) is 11.2. The average Bonchev–Trinajstić information content (AvgIpc) is 3.54. The lowest BCUT2D eigenvalue weighted by atomic mass is 9.81. The molecule has 0 spiro atoms. The number of methoxy groups -OCH3 is 2. The smallest absolute Gasteiger partial charge is 0.409 e. The molecule has 1 aromatic rings. The lowest BCUT2D eigenvalue weighted by molar-refractivity contribution is -0.176. The van der Waals surface area contributed by atoms with Gasteiger partial charge in [-0.15, -0.1) is 0 Å². The van der Waals surface area contributed by atoms with Crippen molar-refractivity contribution in [1.29, 1.82) is 0 Å². The van der Waals surface area contributed by atoms with E-state index in [4.69, 9.17) is 30.5 Å². The van der Waals surface area contributed by atoms with E-state index in [1.807, 2.05) is 13.0 Å². The Morgan fingerprint density at radius 2 is 1.81 bits per heavy atom. The van der Waals surface area contributed by atoms with Gasteiger partial charge < -0.3 is 44.3 Å². The zero-order chi connectivity index (χ0) is 46.8. The van der Waals surface area contributed by atoms with Gasteiger partial charge in [-0.25, -0.2) is 9.59 Å². The Labute approximate surface area is 376 Å². The maximum absolute atomic E-state index is 14.2. The number of thioether (sulfide) groups is 1. The largest absolute Gasteiger partial charge is 0.495 e. The summed E-state index contributed by atoms with van der Waals surface area (Å²) in [5, 5.41) is 29.1. The van der Waals surface area contributed by atoms with Gasteiger partial charge in [0.15, 0.2) is 5.72 Å². The monoisotopic (exact) mass is 919 g/mol. The van der Waals surface area contributed by atoms with Gasteiger partial charge in [-0.2, -0.15) is 11.8 Å². The van der Waals surface area contributed by atoms with Gasteiger partial charge >= 0.3 is 12.1 Å². The summed E-state index contributed by atoms with van der Waals surface area (Å²) in [4.78, 5) is 93.2. The van der Waals surface area contributed by atoms with Crippen molar-refractivity contribution >= 4 is 70.6 Å². The molecule has 0 aliphatic carbocycles. The highest BCUT2D eigenvalue weighted by Gasteiger charge is 2.48. The molecule has 4 N–H and O–H groups in total. The van der Waals surface area contributed by atoms with Crippen LogP contribution in [0.2, 0.25) is 5.02 Å². The standard InChI is InChI=1S/C43H58ClN5O13S/c1-25-10-9-11-32(60-8)43(58)23-31(61-41(56)46-43)26(2)22-42(4,57)33(21-38(54)48(6)29-19-28(18-25)20-30(59-7)39(29)44)62-40(55)27(3)47(5)35(51)14-17-63-24-34(50)45-15-16-49-36(52)12-13-37(49)53/h9-13,19-20,26-27,31-33,57-58H,14-18,21-24H2,1-8H3,(H,45,50)(H,46,56)/b11-9+,25-10+/t26-,27-,31-,32+,33-,42+,43-/m0/s1. The molecule has 0 unspecified atom stereocenters. The first kappa shape index (κ1) is 50.7. The van der Waals surface area contributed by atoms with Crippen LogP contribution in [0.25, 0.3) is 0 Å². The summed E-state index contributed by atoms with van der Waals surface area (Å²) < 4.78 is 22.7. The van der Waals surface area contributed by atoms with Crippen molar-refractivity contribution in [1.82, 2.24) is 20.4 Å². The normalized spacial score (nSPS) is 27.4. The van der Waals surface area contributed by atoms with Crippen LogP contribution in [0.15, 0.2) is 48.1 Å². The number of hydrogen-bond acceptors (Lipinski definition) is 14. The predicted octanol–water partition coefficient (Wildman–Crippen LogP) is 2.66. The van der Waals surface area contributed by atoms with E-state index in [9.17, 15) is 43.8 Å². The molecule has 3 aliphatic heterocycles. The van der Waals surface area contributed by atoms with Crippen molar-refractivity contribution < 1.29 is 62.7 Å². The summed E-state index contributed by atoms with van der Waals surface area (Å²) in [6.07, 6.45) is 2.52. The number of amides is 6. The van der Waals surface area contributed by atoms with Crippen molar-refractivity contribution in [2.75, 3.05) is 57.8 Å². The number of esters is 1. The first-order chi connectivity index (χ1) is 29.6. The second-order valence-corrected chi connectivity index (χ2v) is 17.7. The second-order valence-electron chi connectivity index (χ2n) is 16.2. The summed E-state index contributed by atoms with van der Waals surface area (Å²) in [7, 11) is 5.73. The molecule has 3 aliphatic rings. The molecule has 6 amide bonds. The molecule has 1 fully saturated rings. The topological polar surface area (TPSA) is 231 Å². The van der Waals surface area contributed by atoms with Gasteiger partial charge in [0.25, 0.3) is 11.8 Å². The first-order valence-corrected chi connectivity index (χ1v) is 21.9. The van der Waals surface area contributed by atoms with E-state index in [2.05, 4.69) is 10.6 Å². The van der Waals surface area contributed by atoms with Crippen LogP contribution in [0.1, 0.15) is 58.9 Å². The fraction of sp³-hybridized carbons (Fsp3) is 0.558. The summed E-state index contributed by atoms with van der Waals surface area (Å²) in [6, 6.07) is 2.28. The van der Waals surface area contributed by atoms with E-state index < -0.39 is 83.7 Å². The van der Waals surface area contributed by atoms with Crippen LogP contribution in [-0.4, -0.2) is 150 Å². The molecule has 3 heterocycles. The minimum absolute atomic E-state index is 0.00520. The molecule has 18 nitrogen and oxygen atoms in total. The van der Waals surface area contributed by atoms with Crippen LogP contribution in [0.5, 0.6) is 5.75 Å². The maximum atomic E-state index is 14.2. The molecule has 0 aromatic heterocycles. The number of carbonyl (C=O) groups excluding carboxylic acids is 7. The van der Waals surface area contributed by atoms with Crippen LogP contribution in [0, 0.1) is 5.92 Å². The highest BCUT2D eigenvalue weighted by molar-refractivity contribution is 7.99. The van der Waals surface area contributed by atoms with E-state index >= 15 is 0 Å². The third-order valence-corrected chi connectivity index (χ3v) is 12.6. The van der Waals surface area contributed by atoms with Crippen LogP contribution in [0.3, 0.4) is 0 Å². The molecule has 0 radical (unpaired) electrons. The number of rotatable bonds is 13. The Morgan fingerprint density at radius 1 is 1.13 bits per heavy atom. The van der Waals surface area contributed by atoms with Gasteiger partial charge in [-0.05, 0) is 57.2 Å². The number of ether oxygens (including phenoxy) is 4. The van der Waals surface area contributed by atoms with Gasteiger partial charge in [0.05, 0.1) is 30.6 Å². The summed E-state index contributed by atoms with van der Waals surface area (Å²) in [6.45, 7) is 6.48. The van der Waals surface area contributed by atoms with Crippen molar-refractivity contribution in [3.63, 3.8) is 0 Å². The Morgan fingerprint density at radius 3 is 2.46 bits per heavy atom. The van der Waals surface area contributed by atoms with E-state index in [1.54, 1.807) is 31.2 Å². The number of hydrogen-bond donors (Lipinski definition) is 4. The molecule has 4 bridgehead atoms. The third kappa shape index (κ3) is 13.3. The van der Waals surface area contributed by atoms with Crippen molar-refractivity contribution in [3.05, 3.63) is 58.7 Å². The molecule has 7 atom stereocenters. The Bertz CT molecular complexity index is 1990. The van der Waals surface area contributed by atoms with Crippen molar-refractivity contribution in [2.24, 2.45) is 5.92 Å². The van der Waals surface area contributed by atoms with Crippen LogP contribution >= 0.6 is 23.4 Å². The number of alkyl carbamates (subject to hydrolysis) is 1. The Balaban J connectivity index is 1.52. The number of nitrogens with one attached hydrogen (secondary N) is 2. The summed E-state index contributed by atoms with van der Waals surface area (Å²) in [5.41, 5.74) is -1.95. The molecule has 1 aromatic carbocycles. The average molecular weight is 920 g/mol. The predicted molar refractivity (Wildman–Crippen MR) is 234 cm³/mol. The SMILES string of the molecule is COc1cc2cc(c1Cl)N(C)C(=O)C[C@H](OC(=O)[C@H](C)N(C)C(=O)CCSCC(=O)NCCN1C(=O)C=CC1=O)[C@](C)(O)C[C@H](C)[C@@H]1C[C@@](O)(NC(=O)O1)[C@H](OC)/C=C/C=C(\C)C2. The number of aliphatic hydroxyl groups is 2. The summed E-state index contributed by atoms with van der Waals surface area (Å²) >= 11 is 7.92. The fourth-order valence-electron chi connectivity index (χ4n) is 7.37. The molecule has 20 heteroatoms. The number of nitrogens with zero attached hydrogens (tertiary/aromatic N) is 3. The molecular formula is C43H58ClN5O13S. The molecule has 1 saturated heterocycles. The highest BCUT2D eigenvalue weighted by Crippen LogP contribution is 2.38. The van der Waals surface area contributed by atoms with Crippen LogP contribution in [-0.2, 0) is 49.4 Å². The van der Waals surface area contributed by atoms with Gasteiger partial charge in [0.1, 0.15) is 35.1 Å². The number of likely N-dealkylation sites (N-methyl/N-ethyl adjacent to an activating group) is 1. The first-order valence-electron chi connectivity index (χ1n) is 20.4. The molecule has 63 heavy (non-hydrogen) atoms. The minimum atomic E-state index is -1.95. The fourth-order valence-corrected chi connectivity index (χ4v) is 8.44. The zero-order valence-electron chi connectivity index (χ0n) is 36.8. The van der Waals surface area contributed by atoms with Gasteiger partial charge in [-0.3, -0.25) is 34.2 Å². The number of benzene rings is 1. The van der Waals surface area contributed by atoms with Gasteiger partial charge in [0.2, 0.25) is 17.7 Å². The van der Waals surface area contributed by atoms with Gasteiger partial charge in [0, 0.05) is 65.0 Å². The Hall–Kier alpha value is -4.95. The lowest BCUT2D eigenvalue weighted by Crippen LogP contribution is -2.63. The second kappa shape index (κ2) is 22.1. The van der Waals surface area contributed by atoms with Crippen molar-refractivity contribution in [3.8, 4) is 5.75 Å². The quantitative estimate of drug-likeness (QED) is 0.127. The molecular weight excluding hydrogens is 862 g/mol. The number of imide groups is 1. The van der Waals surface area contributed by atoms with E-state index in [0.29, 0.717) is 17.9 Å². The lowest BCUT2D eigenvalue weighted by Gasteiger charge is -2.43. The zero-order valence-corrected chi connectivity index (χ0v) is 38.4. The molecule has 346 valence electrons. The minimum Gasteiger partial charge on any atom is -0.495 e. The molecule has 0 saturated carbocycles. The Kier molecular flexibility index (Phi) is 17.8. The summed E-state index contributed by atoms with van der Waals surface area (Å²) in [5.74, 6) is -3.35. The van der Waals surface area contributed by atoms with Crippen LogP contribution in [0.4, 0.5) is 10.5 Å². The molecule has 4 rings (SSSR count). The number of anilines is 1. The van der Waals surface area contributed by atoms with E-state index in [0.717, 1.165) is 28.2 Å². The van der Waals surface area contributed by atoms with Crippen molar-refractivity contribution in [2.45, 2.75) is 95.5 Å². The highest BCUT2D eigenvalue weighted by atomic mass is 35.5. The van der Waals surface area contributed by atoms with E-state index in [1.165, 1.54) is 63.7 Å². The van der Waals surface area contributed by atoms with Crippen LogP contribution < -0.4 is 20.3 Å². The number of fused-ring (bicyclic) bond motifs is 4. The number of halogens is 1. The van der Waals surface area contributed by atoms with Gasteiger partial charge in [-0.1, -0.05) is 42.3 Å². The van der Waals surface area contributed by atoms with E-state index in [-0.39, 0.29) is 54.8 Å². The number of allylic oxidation sites excluding steroid dienone is 3.